The number of anilines is 1. The Morgan fingerprint density at radius 2 is 1.80 bits per heavy atom. The molecule has 0 aliphatic carbocycles. The van der Waals surface area contributed by atoms with Gasteiger partial charge in [0.15, 0.2) is 5.65 Å². The number of para-hydroxylation sites is 1. The minimum absolute atomic E-state index is 0.310. The Bertz CT molecular complexity index is 1160. The van der Waals surface area contributed by atoms with Crippen LogP contribution in [0.15, 0.2) is 60.9 Å². The van der Waals surface area contributed by atoms with Crippen LogP contribution in [0.25, 0.3) is 22.3 Å². The van der Waals surface area contributed by atoms with Gasteiger partial charge < -0.3 is 15.4 Å². The number of nitrogens with zero attached hydrogens (tertiary/aromatic N) is 4. The third-order valence-electron chi connectivity index (χ3n) is 5.70. The molecule has 2 atom stereocenters. The second-order valence-electron chi connectivity index (χ2n) is 7.90. The molecule has 2 aromatic heterocycles. The van der Waals surface area contributed by atoms with E-state index in [0.29, 0.717) is 11.9 Å². The molecule has 0 saturated carbocycles. The molecule has 1 aliphatic heterocycles. The number of nitrogens with one attached hydrogen (secondary N) is 1. The highest BCUT2D eigenvalue weighted by atomic mass is 16.5. The summed E-state index contributed by atoms with van der Waals surface area (Å²) in [5, 5.41) is 5.79. The van der Waals surface area contributed by atoms with Crippen LogP contribution >= 0.6 is 0 Å². The van der Waals surface area contributed by atoms with E-state index in [1.807, 2.05) is 54.6 Å². The fraction of sp³-hybridized carbons (Fsp3) is 0.261. The van der Waals surface area contributed by atoms with E-state index in [1.165, 1.54) is 24.2 Å². The van der Waals surface area contributed by atoms with Crippen molar-refractivity contribution in [3.05, 3.63) is 60.9 Å². The molecule has 0 amide bonds. The van der Waals surface area contributed by atoms with E-state index in [9.17, 15) is 0 Å². The Morgan fingerprint density at radius 1 is 1.03 bits per heavy atom. The molecule has 3 N–H and O–H groups in total. The van der Waals surface area contributed by atoms with Gasteiger partial charge in [-0.15, -0.1) is 0 Å². The number of quaternary nitrogens is 1. The van der Waals surface area contributed by atoms with E-state index in [4.69, 9.17) is 15.6 Å². The molecule has 2 aromatic carbocycles. The van der Waals surface area contributed by atoms with Crippen molar-refractivity contribution in [2.75, 3.05) is 25.9 Å². The lowest BCUT2D eigenvalue weighted by atomic mass is 10.1. The van der Waals surface area contributed by atoms with E-state index >= 15 is 0 Å². The molecule has 0 radical (unpaired) electrons. The highest BCUT2D eigenvalue weighted by Crippen LogP contribution is 2.33. The number of ether oxygens (including phenoxy) is 1. The number of likely N-dealkylation sites (N-methyl/N-ethyl adjacent to an activating group) is 1. The fourth-order valence-corrected chi connectivity index (χ4v) is 4.21. The van der Waals surface area contributed by atoms with Crippen LogP contribution in [0.1, 0.15) is 18.9 Å². The summed E-state index contributed by atoms with van der Waals surface area (Å²) in [6.45, 7) is 2.23. The topological polar surface area (TPSA) is 83.3 Å². The van der Waals surface area contributed by atoms with E-state index in [0.717, 1.165) is 46.8 Å². The number of aromatic nitrogens is 4. The molecular weight excluding hydrogens is 376 g/mol. The largest absolute Gasteiger partial charge is 0.457 e. The molecule has 2 unspecified atom stereocenters. The summed E-state index contributed by atoms with van der Waals surface area (Å²) < 4.78 is 7.97. The second-order valence-corrected chi connectivity index (χ2v) is 7.90. The van der Waals surface area contributed by atoms with E-state index in [1.54, 1.807) is 0 Å². The van der Waals surface area contributed by atoms with Gasteiger partial charge in [-0.25, -0.2) is 14.6 Å². The molecule has 5 rings (SSSR count). The van der Waals surface area contributed by atoms with Crippen molar-refractivity contribution in [2.45, 2.75) is 18.9 Å². The van der Waals surface area contributed by atoms with E-state index in [-0.39, 0.29) is 0 Å². The molecular formula is C23H25N6O+. The number of likely N-dealkylation sites (tertiary alicyclic amines) is 1. The summed E-state index contributed by atoms with van der Waals surface area (Å²) in [6, 6.07) is 18.0. The normalized spacial score (nSPS) is 19.1. The highest BCUT2D eigenvalue weighted by Gasteiger charge is 2.27. The molecule has 0 bridgehead atoms. The zero-order valence-electron chi connectivity index (χ0n) is 17.0. The number of hydrogen-bond donors (Lipinski definition) is 2. The van der Waals surface area contributed by atoms with E-state index in [2.05, 4.69) is 21.7 Å². The van der Waals surface area contributed by atoms with E-state index < -0.39 is 0 Å². The maximum atomic E-state index is 6.26. The Labute approximate surface area is 175 Å². The Balaban J connectivity index is 1.52. The first-order valence-electron chi connectivity index (χ1n) is 10.3. The van der Waals surface area contributed by atoms with Crippen molar-refractivity contribution in [2.24, 2.45) is 0 Å². The van der Waals surface area contributed by atoms with Crippen molar-refractivity contribution in [3.63, 3.8) is 0 Å². The van der Waals surface area contributed by atoms with Crippen LogP contribution in [0.4, 0.5) is 5.82 Å². The van der Waals surface area contributed by atoms with Crippen LogP contribution in [0, 0.1) is 0 Å². The fourth-order valence-electron chi connectivity index (χ4n) is 4.21. The van der Waals surface area contributed by atoms with Gasteiger partial charge in [-0.05, 0) is 49.2 Å². The Morgan fingerprint density at radius 3 is 2.57 bits per heavy atom. The number of hydrogen-bond acceptors (Lipinski definition) is 5. The molecule has 1 fully saturated rings. The van der Waals surface area contributed by atoms with Gasteiger partial charge in [-0.2, -0.15) is 5.10 Å². The van der Waals surface area contributed by atoms with Crippen LogP contribution in [-0.2, 0) is 0 Å². The average molecular weight is 401 g/mol. The Kier molecular flexibility index (Phi) is 4.80. The Hall–Kier alpha value is -3.45. The molecule has 4 aromatic rings. The third kappa shape index (κ3) is 3.48. The lowest BCUT2D eigenvalue weighted by molar-refractivity contribution is -0.887. The molecule has 30 heavy (non-hydrogen) atoms. The molecule has 152 valence electrons. The molecule has 1 aliphatic rings. The molecule has 3 heterocycles. The van der Waals surface area contributed by atoms with Gasteiger partial charge in [0.25, 0.3) is 0 Å². The summed E-state index contributed by atoms with van der Waals surface area (Å²) in [5.74, 6) is 2.04. The van der Waals surface area contributed by atoms with Gasteiger partial charge in [-0.3, -0.25) is 0 Å². The maximum absolute atomic E-state index is 6.26. The van der Waals surface area contributed by atoms with Crippen molar-refractivity contribution in [1.82, 2.24) is 19.7 Å². The number of piperidine rings is 1. The number of benzene rings is 2. The van der Waals surface area contributed by atoms with Crippen molar-refractivity contribution in [3.8, 4) is 22.8 Å². The quantitative estimate of drug-likeness (QED) is 0.549. The monoisotopic (exact) mass is 401 g/mol. The standard InChI is InChI=1S/C23H24N6O/c1-28-13-5-6-17(14-28)29-23-20(22(24)25-15-26-23)21(27-29)16-9-11-19(12-10-16)30-18-7-3-2-4-8-18/h2-4,7-12,15,17H,5-6,13-14H2,1H3,(H2,24,25,26)/p+1. The predicted octanol–water partition coefficient (Wildman–Crippen LogP) is 2.72. The summed E-state index contributed by atoms with van der Waals surface area (Å²) in [6.07, 6.45) is 3.80. The predicted molar refractivity (Wildman–Crippen MR) is 117 cm³/mol. The zero-order chi connectivity index (χ0) is 20.5. The van der Waals surface area contributed by atoms with Crippen LogP contribution < -0.4 is 15.4 Å². The second kappa shape index (κ2) is 7.76. The number of fused-ring (bicyclic) bond motifs is 1. The summed E-state index contributed by atoms with van der Waals surface area (Å²) in [4.78, 5) is 10.3. The lowest BCUT2D eigenvalue weighted by Gasteiger charge is -2.27. The first kappa shape index (κ1) is 18.6. The van der Waals surface area contributed by atoms with Crippen LogP contribution in [-0.4, -0.2) is 39.9 Å². The van der Waals surface area contributed by atoms with Gasteiger partial charge in [0.05, 0.1) is 25.5 Å². The van der Waals surface area contributed by atoms with Crippen molar-refractivity contribution in [1.29, 1.82) is 0 Å². The number of nitrogen functional groups attached to an aromatic ring is 1. The number of nitrogens with two attached hydrogens (primary N) is 1. The summed E-state index contributed by atoms with van der Waals surface area (Å²) in [7, 11) is 2.23. The smallest absolute Gasteiger partial charge is 0.164 e. The first-order chi connectivity index (χ1) is 14.7. The van der Waals surface area contributed by atoms with Gasteiger partial charge in [0.1, 0.15) is 35.4 Å². The van der Waals surface area contributed by atoms with Gasteiger partial charge in [-0.1, -0.05) is 18.2 Å². The minimum Gasteiger partial charge on any atom is -0.457 e. The molecule has 7 heteroatoms. The van der Waals surface area contributed by atoms with Crippen LogP contribution in [0.2, 0.25) is 0 Å². The molecule has 0 spiro atoms. The average Bonchev–Trinajstić information content (AvgIpc) is 3.16. The molecule has 1 saturated heterocycles. The van der Waals surface area contributed by atoms with Gasteiger partial charge >= 0.3 is 0 Å². The minimum atomic E-state index is 0.310. The first-order valence-corrected chi connectivity index (χ1v) is 10.3. The van der Waals surface area contributed by atoms with Crippen LogP contribution in [0.5, 0.6) is 11.5 Å². The van der Waals surface area contributed by atoms with Crippen molar-refractivity contribution < 1.29 is 9.64 Å². The SMILES string of the molecule is C[NH+]1CCCC(n2nc(-c3ccc(Oc4ccccc4)cc3)c3c(N)ncnc32)C1. The summed E-state index contributed by atoms with van der Waals surface area (Å²) in [5.41, 5.74) is 8.86. The molecule has 7 nitrogen and oxygen atoms in total. The van der Waals surface area contributed by atoms with Crippen LogP contribution in [0.3, 0.4) is 0 Å². The maximum Gasteiger partial charge on any atom is 0.164 e. The summed E-state index contributed by atoms with van der Waals surface area (Å²) >= 11 is 0. The van der Waals surface area contributed by atoms with Crippen molar-refractivity contribution >= 4 is 16.9 Å². The van der Waals surface area contributed by atoms with Gasteiger partial charge in [0.2, 0.25) is 0 Å². The van der Waals surface area contributed by atoms with Gasteiger partial charge in [0, 0.05) is 5.56 Å². The zero-order valence-corrected chi connectivity index (χ0v) is 17.0. The third-order valence-corrected chi connectivity index (χ3v) is 5.70. The number of rotatable bonds is 4. The lowest BCUT2D eigenvalue weighted by Crippen LogP contribution is -3.10. The highest BCUT2D eigenvalue weighted by molar-refractivity contribution is 5.98.